The van der Waals surface area contributed by atoms with Gasteiger partial charge in [0.25, 0.3) is 0 Å². The van der Waals surface area contributed by atoms with Gasteiger partial charge in [-0.2, -0.15) is 5.10 Å². The first-order valence-corrected chi connectivity index (χ1v) is 10.7. The lowest BCUT2D eigenvalue weighted by molar-refractivity contribution is -0.133. The van der Waals surface area contributed by atoms with Crippen LogP contribution in [0.1, 0.15) is 26.2 Å². The molecule has 2 saturated heterocycles. The van der Waals surface area contributed by atoms with E-state index in [1.165, 1.54) is 0 Å². The fourth-order valence-corrected chi connectivity index (χ4v) is 4.31. The first kappa shape index (κ1) is 20.5. The number of likely N-dealkylation sites (tertiary alicyclic amines) is 1. The summed E-state index contributed by atoms with van der Waals surface area (Å²) in [5.41, 5.74) is 0.813. The molecule has 2 aliphatic heterocycles. The van der Waals surface area contributed by atoms with Gasteiger partial charge in [0.15, 0.2) is 5.65 Å². The minimum atomic E-state index is 0.0803. The lowest BCUT2D eigenvalue weighted by atomic mass is 10.1. The Morgan fingerprint density at radius 2 is 1.97 bits per heavy atom. The molecule has 2 aromatic heterocycles. The molecule has 4 heterocycles. The van der Waals surface area contributed by atoms with Crippen LogP contribution >= 0.6 is 0 Å². The van der Waals surface area contributed by atoms with Crippen LogP contribution in [0.3, 0.4) is 0 Å². The Bertz CT molecular complexity index is 905. The molecule has 0 saturated carbocycles. The number of carbonyl (C=O) groups is 2. The molecule has 2 aromatic rings. The molecule has 0 radical (unpaired) electrons. The molecule has 0 aliphatic carbocycles. The number of piperidine rings is 1. The summed E-state index contributed by atoms with van der Waals surface area (Å²) in [5.74, 6) is 1.12. The molecule has 1 N–H and O–H groups in total. The van der Waals surface area contributed by atoms with Crippen LogP contribution in [0.4, 0.5) is 5.82 Å². The average Bonchev–Trinajstić information content (AvgIpc) is 3.15. The van der Waals surface area contributed by atoms with E-state index in [1.54, 1.807) is 17.2 Å². The highest BCUT2D eigenvalue weighted by Crippen LogP contribution is 2.23. The molecule has 2 amide bonds. The second-order valence-corrected chi connectivity index (χ2v) is 8.07. The fraction of sp³-hybridized carbons (Fsp3) is 0.650. The lowest BCUT2D eigenvalue weighted by Gasteiger charge is -2.38. The Kier molecular flexibility index (Phi) is 6.12. The van der Waals surface area contributed by atoms with Gasteiger partial charge in [0, 0.05) is 52.2 Å². The number of amides is 2. The van der Waals surface area contributed by atoms with Gasteiger partial charge in [0.1, 0.15) is 12.1 Å². The standard InChI is InChI=1S/C20H30N8O2/c1-3-17(29)24-15-5-4-6-26(12-15)13-18(30)27-7-9-28(10-8-27)20-16-11-23-25(2)19(16)21-14-22-20/h11,14-15H,3-10,12-13H2,1-2H3,(H,24,29). The van der Waals surface area contributed by atoms with Crippen LogP contribution in [-0.4, -0.2) is 93.2 Å². The van der Waals surface area contributed by atoms with Crippen molar-refractivity contribution in [2.24, 2.45) is 7.05 Å². The Hall–Kier alpha value is -2.75. The Labute approximate surface area is 176 Å². The molecule has 2 fully saturated rings. The smallest absolute Gasteiger partial charge is 0.236 e. The Morgan fingerprint density at radius 3 is 2.73 bits per heavy atom. The van der Waals surface area contributed by atoms with Crippen molar-refractivity contribution in [1.82, 2.24) is 34.9 Å². The predicted molar refractivity (Wildman–Crippen MR) is 113 cm³/mol. The SMILES string of the molecule is CCC(=O)NC1CCCN(CC(=O)N2CCN(c3ncnc4c3cnn4C)CC2)C1. The number of aryl methyl sites for hydroxylation is 1. The van der Waals surface area contributed by atoms with Gasteiger partial charge >= 0.3 is 0 Å². The van der Waals surface area contributed by atoms with Crippen molar-refractivity contribution >= 4 is 28.7 Å². The van der Waals surface area contributed by atoms with Crippen LogP contribution in [0.15, 0.2) is 12.5 Å². The first-order chi connectivity index (χ1) is 14.5. The highest BCUT2D eigenvalue weighted by Gasteiger charge is 2.27. The van der Waals surface area contributed by atoms with E-state index in [4.69, 9.17) is 0 Å². The summed E-state index contributed by atoms with van der Waals surface area (Å²) < 4.78 is 1.75. The second-order valence-electron chi connectivity index (χ2n) is 8.07. The maximum absolute atomic E-state index is 12.8. The van der Waals surface area contributed by atoms with E-state index in [0.717, 1.165) is 55.9 Å². The number of hydrogen-bond acceptors (Lipinski definition) is 7. The van der Waals surface area contributed by atoms with E-state index in [2.05, 4.69) is 30.2 Å². The van der Waals surface area contributed by atoms with Gasteiger partial charge in [-0.3, -0.25) is 19.2 Å². The van der Waals surface area contributed by atoms with Gasteiger partial charge in [0.2, 0.25) is 11.8 Å². The number of piperazine rings is 1. The minimum Gasteiger partial charge on any atom is -0.352 e. The van der Waals surface area contributed by atoms with E-state index < -0.39 is 0 Å². The molecule has 4 rings (SSSR count). The molecule has 1 unspecified atom stereocenters. The zero-order valence-corrected chi connectivity index (χ0v) is 17.8. The monoisotopic (exact) mass is 414 g/mol. The zero-order chi connectivity index (χ0) is 21.1. The van der Waals surface area contributed by atoms with Gasteiger partial charge in [-0.25, -0.2) is 9.97 Å². The molecule has 10 heteroatoms. The second kappa shape index (κ2) is 8.95. The van der Waals surface area contributed by atoms with E-state index in [-0.39, 0.29) is 17.9 Å². The summed E-state index contributed by atoms with van der Waals surface area (Å²) in [7, 11) is 1.87. The van der Waals surface area contributed by atoms with Gasteiger partial charge in [-0.05, 0) is 19.4 Å². The maximum atomic E-state index is 12.8. The normalized spacial score (nSPS) is 20.5. The third-order valence-electron chi connectivity index (χ3n) is 5.99. The van der Waals surface area contributed by atoms with Crippen LogP contribution in [0.5, 0.6) is 0 Å². The molecule has 10 nitrogen and oxygen atoms in total. The van der Waals surface area contributed by atoms with Crippen molar-refractivity contribution in [3.8, 4) is 0 Å². The number of aromatic nitrogens is 4. The van der Waals surface area contributed by atoms with Crippen LogP contribution in [0.25, 0.3) is 11.0 Å². The van der Waals surface area contributed by atoms with Gasteiger partial charge in [0.05, 0.1) is 18.1 Å². The highest BCUT2D eigenvalue weighted by atomic mass is 16.2. The quantitative estimate of drug-likeness (QED) is 0.735. The van der Waals surface area contributed by atoms with E-state index in [1.807, 2.05) is 18.9 Å². The van der Waals surface area contributed by atoms with Gasteiger partial charge in [-0.1, -0.05) is 6.92 Å². The molecule has 0 bridgehead atoms. The molecular weight excluding hydrogens is 384 g/mol. The summed E-state index contributed by atoms with van der Waals surface area (Å²) in [4.78, 5) is 39.6. The van der Waals surface area contributed by atoms with Crippen LogP contribution in [0, 0.1) is 0 Å². The molecule has 30 heavy (non-hydrogen) atoms. The Balaban J connectivity index is 1.30. The summed E-state index contributed by atoms with van der Waals surface area (Å²) >= 11 is 0. The lowest BCUT2D eigenvalue weighted by Crippen LogP contribution is -2.54. The van der Waals surface area contributed by atoms with Crippen molar-refractivity contribution in [1.29, 1.82) is 0 Å². The molecule has 0 aromatic carbocycles. The van der Waals surface area contributed by atoms with Crippen molar-refractivity contribution in [3.05, 3.63) is 12.5 Å². The fourth-order valence-electron chi connectivity index (χ4n) is 4.31. The van der Waals surface area contributed by atoms with Gasteiger partial charge in [-0.15, -0.1) is 0 Å². The number of carbonyl (C=O) groups excluding carboxylic acids is 2. The average molecular weight is 415 g/mol. The topological polar surface area (TPSA) is 99.5 Å². The largest absolute Gasteiger partial charge is 0.352 e. The number of nitrogens with zero attached hydrogens (tertiary/aromatic N) is 7. The number of fused-ring (bicyclic) bond motifs is 1. The zero-order valence-electron chi connectivity index (χ0n) is 17.8. The number of nitrogens with one attached hydrogen (secondary N) is 1. The number of anilines is 1. The minimum absolute atomic E-state index is 0.0803. The Morgan fingerprint density at radius 1 is 1.17 bits per heavy atom. The van der Waals surface area contributed by atoms with E-state index >= 15 is 0 Å². The van der Waals surface area contributed by atoms with Crippen molar-refractivity contribution in [2.45, 2.75) is 32.2 Å². The predicted octanol–water partition coefficient (Wildman–Crippen LogP) is 0.00250. The van der Waals surface area contributed by atoms with E-state index in [9.17, 15) is 9.59 Å². The first-order valence-electron chi connectivity index (χ1n) is 10.7. The molecular formula is C20H30N8O2. The summed E-state index contributed by atoms with van der Waals surface area (Å²) in [6, 6.07) is 0.149. The highest BCUT2D eigenvalue weighted by molar-refractivity contribution is 5.87. The van der Waals surface area contributed by atoms with Gasteiger partial charge < -0.3 is 15.1 Å². The van der Waals surface area contributed by atoms with Crippen molar-refractivity contribution in [3.63, 3.8) is 0 Å². The number of hydrogen-bond donors (Lipinski definition) is 1. The maximum Gasteiger partial charge on any atom is 0.236 e. The summed E-state index contributed by atoms with van der Waals surface area (Å²) in [6.45, 7) is 6.76. The molecule has 162 valence electrons. The van der Waals surface area contributed by atoms with E-state index in [0.29, 0.717) is 26.1 Å². The molecule has 1 atom stereocenters. The third kappa shape index (κ3) is 4.38. The van der Waals surface area contributed by atoms with Crippen LogP contribution in [-0.2, 0) is 16.6 Å². The van der Waals surface area contributed by atoms with Crippen molar-refractivity contribution in [2.75, 3.05) is 50.7 Å². The summed E-state index contributed by atoms with van der Waals surface area (Å²) in [6.07, 6.45) is 5.85. The van der Waals surface area contributed by atoms with Crippen LogP contribution in [0.2, 0.25) is 0 Å². The number of rotatable bonds is 5. The van der Waals surface area contributed by atoms with Crippen molar-refractivity contribution < 1.29 is 9.59 Å². The summed E-state index contributed by atoms with van der Waals surface area (Å²) in [5, 5.41) is 8.28. The molecule has 0 spiro atoms. The van der Waals surface area contributed by atoms with Crippen LogP contribution < -0.4 is 10.2 Å². The molecule has 2 aliphatic rings. The third-order valence-corrected chi connectivity index (χ3v) is 5.99.